The predicted molar refractivity (Wildman–Crippen MR) is 134 cm³/mol. The maximum absolute atomic E-state index is 5.46. The number of nitrogens with one attached hydrogen (secondary N) is 2. The van der Waals surface area contributed by atoms with E-state index in [9.17, 15) is 0 Å². The molecule has 0 aliphatic carbocycles. The van der Waals surface area contributed by atoms with Gasteiger partial charge in [0.1, 0.15) is 0 Å². The zero-order valence-corrected chi connectivity index (χ0v) is 19.1. The van der Waals surface area contributed by atoms with E-state index >= 15 is 0 Å². The molecule has 0 saturated carbocycles. The van der Waals surface area contributed by atoms with Crippen LogP contribution in [0, 0.1) is 0 Å². The summed E-state index contributed by atoms with van der Waals surface area (Å²) in [6, 6.07) is 18.1. The van der Waals surface area contributed by atoms with Crippen LogP contribution in [0.1, 0.15) is 19.4 Å². The minimum absolute atomic E-state index is 0.376. The third-order valence-corrected chi connectivity index (χ3v) is 5.35. The molecule has 0 bridgehead atoms. The topological polar surface area (TPSA) is 90.8 Å². The molecule has 1 fully saturated rings. The van der Waals surface area contributed by atoms with E-state index in [1.54, 1.807) is 6.21 Å². The van der Waals surface area contributed by atoms with Gasteiger partial charge in [0.2, 0.25) is 17.8 Å². The van der Waals surface area contributed by atoms with Gasteiger partial charge in [-0.2, -0.15) is 20.1 Å². The Balaban J connectivity index is 1.50. The summed E-state index contributed by atoms with van der Waals surface area (Å²) in [5, 5.41) is 7.59. The molecule has 9 heteroatoms. The van der Waals surface area contributed by atoms with Crippen LogP contribution >= 0.6 is 0 Å². The Morgan fingerprint density at radius 3 is 2.33 bits per heavy atom. The van der Waals surface area contributed by atoms with Gasteiger partial charge in [0.25, 0.3) is 0 Å². The number of hydrogen-bond donors (Lipinski definition) is 2. The number of rotatable bonds is 9. The van der Waals surface area contributed by atoms with Gasteiger partial charge >= 0.3 is 0 Å². The van der Waals surface area contributed by atoms with E-state index in [1.807, 2.05) is 42.5 Å². The Morgan fingerprint density at radius 2 is 1.64 bits per heavy atom. The SMILES string of the molecule is CCN(CC)c1ccc(/C=N/Nc2nc(Nc3ccccc3)nc(N3CCOCC3)n2)cc1. The Bertz CT molecular complexity index is 1030. The van der Waals surface area contributed by atoms with Crippen LogP contribution in [-0.4, -0.2) is 60.6 Å². The van der Waals surface area contributed by atoms with E-state index in [-0.39, 0.29) is 0 Å². The molecule has 2 N–H and O–H groups in total. The lowest BCUT2D eigenvalue weighted by molar-refractivity contribution is 0.122. The molecule has 1 saturated heterocycles. The van der Waals surface area contributed by atoms with Crippen molar-refractivity contribution in [3.63, 3.8) is 0 Å². The first-order chi connectivity index (χ1) is 16.2. The van der Waals surface area contributed by atoms with Crippen molar-refractivity contribution in [2.45, 2.75) is 13.8 Å². The highest BCUT2D eigenvalue weighted by Crippen LogP contribution is 2.19. The highest BCUT2D eigenvalue weighted by atomic mass is 16.5. The van der Waals surface area contributed by atoms with Crippen LogP contribution in [0.5, 0.6) is 0 Å². The summed E-state index contributed by atoms with van der Waals surface area (Å²) >= 11 is 0. The van der Waals surface area contributed by atoms with E-state index in [1.165, 1.54) is 5.69 Å². The zero-order chi connectivity index (χ0) is 22.9. The number of ether oxygens (including phenoxy) is 1. The molecule has 1 aliphatic rings. The number of hydrazone groups is 1. The van der Waals surface area contributed by atoms with E-state index in [2.05, 4.69) is 66.6 Å². The van der Waals surface area contributed by atoms with E-state index in [0.29, 0.717) is 31.1 Å². The van der Waals surface area contributed by atoms with Gasteiger partial charge in [-0.05, 0) is 43.7 Å². The number of para-hydroxylation sites is 1. The molecular weight excluding hydrogens is 416 g/mol. The molecule has 172 valence electrons. The molecule has 0 unspecified atom stereocenters. The summed E-state index contributed by atoms with van der Waals surface area (Å²) < 4.78 is 5.46. The lowest BCUT2D eigenvalue weighted by atomic mass is 10.2. The standard InChI is InChI=1S/C24H30N8O/c1-3-31(4-2)21-12-10-19(11-13-21)18-25-30-23-27-22(26-20-8-6-5-7-9-20)28-24(29-23)32-14-16-33-17-15-32/h5-13,18H,3-4,14-17H2,1-2H3,(H2,26,27,28,29,30)/b25-18+. The Kier molecular flexibility index (Phi) is 7.65. The second kappa shape index (κ2) is 11.2. The van der Waals surface area contributed by atoms with Crippen LogP contribution in [-0.2, 0) is 4.74 Å². The van der Waals surface area contributed by atoms with Gasteiger partial charge < -0.3 is 19.9 Å². The van der Waals surface area contributed by atoms with Crippen LogP contribution in [0.15, 0.2) is 59.7 Å². The number of anilines is 5. The minimum Gasteiger partial charge on any atom is -0.378 e. The maximum Gasteiger partial charge on any atom is 0.250 e. The molecule has 0 atom stereocenters. The molecule has 0 amide bonds. The quantitative estimate of drug-likeness (QED) is 0.379. The van der Waals surface area contributed by atoms with Crippen molar-refractivity contribution in [1.82, 2.24) is 15.0 Å². The fourth-order valence-electron chi connectivity index (χ4n) is 3.55. The Hall–Kier alpha value is -3.72. The number of hydrogen-bond acceptors (Lipinski definition) is 9. The lowest BCUT2D eigenvalue weighted by Gasteiger charge is -2.27. The molecule has 3 aromatic rings. The van der Waals surface area contributed by atoms with Crippen molar-refractivity contribution in [1.29, 1.82) is 0 Å². The van der Waals surface area contributed by atoms with E-state index < -0.39 is 0 Å². The molecule has 1 aromatic heterocycles. The normalized spacial score (nSPS) is 13.8. The highest BCUT2D eigenvalue weighted by Gasteiger charge is 2.16. The number of morpholine rings is 1. The fourth-order valence-corrected chi connectivity index (χ4v) is 3.55. The largest absolute Gasteiger partial charge is 0.378 e. The van der Waals surface area contributed by atoms with Crippen LogP contribution in [0.2, 0.25) is 0 Å². The van der Waals surface area contributed by atoms with Gasteiger partial charge in [-0.15, -0.1) is 0 Å². The molecule has 0 spiro atoms. The number of nitrogens with zero attached hydrogens (tertiary/aromatic N) is 6. The monoisotopic (exact) mass is 446 g/mol. The summed E-state index contributed by atoms with van der Waals surface area (Å²) in [6.07, 6.45) is 1.76. The fraction of sp³-hybridized carbons (Fsp3) is 0.333. The third kappa shape index (κ3) is 6.17. The summed E-state index contributed by atoms with van der Waals surface area (Å²) in [5.41, 5.74) is 6.05. The minimum atomic E-state index is 0.376. The van der Waals surface area contributed by atoms with E-state index in [0.717, 1.165) is 37.4 Å². The second-order valence-corrected chi connectivity index (χ2v) is 7.51. The highest BCUT2D eigenvalue weighted by molar-refractivity contribution is 5.80. The molecule has 9 nitrogen and oxygen atoms in total. The van der Waals surface area contributed by atoms with Crippen molar-refractivity contribution < 1.29 is 4.74 Å². The maximum atomic E-state index is 5.46. The van der Waals surface area contributed by atoms with Crippen molar-refractivity contribution >= 4 is 35.4 Å². The van der Waals surface area contributed by atoms with Crippen molar-refractivity contribution in [2.24, 2.45) is 5.10 Å². The van der Waals surface area contributed by atoms with Gasteiger partial charge in [0.15, 0.2) is 0 Å². The van der Waals surface area contributed by atoms with Crippen LogP contribution < -0.4 is 20.5 Å². The molecule has 1 aliphatic heterocycles. The van der Waals surface area contributed by atoms with Crippen LogP contribution in [0.25, 0.3) is 0 Å². The first kappa shape index (κ1) is 22.5. The zero-order valence-electron chi connectivity index (χ0n) is 19.1. The Labute approximate surface area is 194 Å². The van der Waals surface area contributed by atoms with Gasteiger partial charge in [0, 0.05) is 37.6 Å². The van der Waals surface area contributed by atoms with Gasteiger partial charge in [-0.25, -0.2) is 5.43 Å². The summed E-state index contributed by atoms with van der Waals surface area (Å²) in [5.74, 6) is 1.42. The molecule has 2 aromatic carbocycles. The smallest absolute Gasteiger partial charge is 0.250 e. The summed E-state index contributed by atoms with van der Waals surface area (Å²) in [4.78, 5) is 18.0. The van der Waals surface area contributed by atoms with Crippen LogP contribution in [0.3, 0.4) is 0 Å². The lowest BCUT2D eigenvalue weighted by Crippen LogP contribution is -2.37. The average molecular weight is 447 g/mol. The number of aromatic nitrogens is 3. The molecule has 33 heavy (non-hydrogen) atoms. The van der Waals surface area contributed by atoms with Crippen molar-refractivity contribution in [2.75, 3.05) is 59.9 Å². The first-order valence-corrected chi connectivity index (χ1v) is 11.3. The van der Waals surface area contributed by atoms with Crippen molar-refractivity contribution in [3.8, 4) is 0 Å². The van der Waals surface area contributed by atoms with Gasteiger partial charge in [-0.1, -0.05) is 30.3 Å². The predicted octanol–water partition coefficient (Wildman–Crippen LogP) is 3.74. The van der Waals surface area contributed by atoms with Crippen LogP contribution in [0.4, 0.5) is 29.2 Å². The van der Waals surface area contributed by atoms with Gasteiger partial charge in [0.05, 0.1) is 19.4 Å². The summed E-state index contributed by atoms with van der Waals surface area (Å²) in [6.45, 7) is 9.04. The van der Waals surface area contributed by atoms with Gasteiger partial charge in [-0.3, -0.25) is 0 Å². The molecular formula is C24H30N8O. The first-order valence-electron chi connectivity index (χ1n) is 11.3. The molecule has 2 heterocycles. The molecule has 4 rings (SSSR count). The summed E-state index contributed by atoms with van der Waals surface area (Å²) in [7, 11) is 0. The number of benzene rings is 2. The molecule has 0 radical (unpaired) electrons. The third-order valence-electron chi connectivity index (χ3n) is 5.35. The Morgan fingerprint density at radius 1 is 0.939 bits per heavy atom. The van der Waals surface area contributed by atoms with Crippen molar-refractivity contribution in [3.05, 3.63) is 60.2 Å². The van der Waals surface area contributed by atoms with E-state index in [4.69, 9.17) is 4.74 Å². The average Bonchev–Trinajstić information content (AvgIpc) is 2.87. The second-order valence-electron chi connectivity index (χ2n) is 7.51.